The molecule has 0 aliphatic heterocycles. The molecule has 1 heterocycles. The Morgan fingerprint density at radius 3 is 2.50 bits per heavy atom. The van der Waals surface area contributed by atoms with Crippen molar-refractivity contribution in [2.75, 3.05) is 7.11 Å². The monoisotopic (exact) mass is 329 g/mol. The summed E-state index contributed by atoms with van der Waals surface area (Å²) in [6.45, 7) is 3.99. The predicted molar refractivity (Wildman–Crippen MR) is 90.7 cm³/mol. The molecule has 1 aromatic heterocycles. The van der Waals surface area contributed by atoms with Crippen molar-refractivity contribution in [1.82, 2.24) is 15.1 Å². The topological polar surface area (TPSA) is 73.2 Å². The van der Waals surface area contributed by atoms with Gasteiger partial charge in [-0.2, -0.15) is 5.10 Å². The molecule has 1 amide bonds. The lowest BCUT2D eigenvalue weighted by atomic mass is 10.0. The number of rotatable bonds is 7. The van der Waals surface area contributed by atoms with Crippen LogP contribution in [0.15, 0.2) is 42.7 Å². The van der Waals surface area contributed by atoms with Crippen LogP contribution in [0.5, 0.6) is 0 Å². The molecule has 1 N–H and O–H groups in total. The lowest BCUT2D eigenvalue weighted by Crippen LogP contribution is -2.43. The molecule has 0 unspecified atom stereocenters. The Balaban J connectivity index is 1.96. The summed E-state index contributed by atoms with van der Waals surface area (Å²) >= 11 is 0. The van der Waals surface area contributed by atoms with Gasteiger partial charge in [-0.05, 0) is 36.1 Å². The minimum Gasteiger partial charge on any atom is -0.467 e. The molecule has 1 atom stereocenters. The molecule has 0 aliphatic rings. The van der Waals surface area contributed by atoms with E-state index >= 15 is 0 Å². The zero-order valence-electron chi connectivity index (χ0n) is 14.2. The van der Waals surface area contributed by atoms with Gasteiger partial charge in [-0.3, -0.25) is 4.79 Å². The molecule has 1 aromatic carbocycles. The van der Waals surface area contributed by atoms with Crippen molar-refractivity contribution in [2.45, 2.75) is 32.7 Å². The molecular weight excluding hydrogens is 306 g/mol. The maximum absolute atomic E-state index is 12.2. The van der Waals surface area contributed by atoms with Gasteiger partial charge < -0.3 is 10.1 Å². The summed E-state index contributed by atoms with van der Waals surface area (Å²) in [6, 6.07) is 8.82. The van der Waals surface area contributed by atoms with Gasteiger partial charge in [0.05, 0.1) is 19.2 Å². The summed E-state index contributed by atoms with van der Waals surface area (Å²) in [5.74, 6) is -0.327. The lowest BCUT2D eigenvalue weighted by molar-refractivity contribution is -0.145. The van der Waals surface area contributed by atoms with E-state index in [-0.39, 0.29) is 18.2 Å². The number of nitrogens with zero attached hydrogens (tertiary/aromatic N) is 2. The minimum atomic E-state index is -0.606. The van der Waals surface area contributed by atoms with Crippen molar-refractivity contribution in [3.8, 4) is 5.69 Å². The third-order valence-electron chi connectivity index (χ3n) is 3.60. The van der Waals surface area contributed by atoms with E-state index in [1.54, 1.807) is 10.9 Å². The van der Waals surface area contributed by atoms with Crippen molar-refractivity contribution in [1.29, 1.82) is 0 Å². The normalized spacial score (nSPS) is 12.0. The first-order valence-electron chi connectivity index (χ1n) is 7.95. The average Bonchev–Trinajstić information content (AvgIpc) is 3.08. The van der Waals surface area contributed by atoms with E-state index in [9.17, 15) is 9.59 Å². The first-order chi connectivity index (χ1) is 11.5. The highest BCUT2D eigenvalue weighted by Gasteiger charge is 2.22. The van der Waals surface area contributed by atoms with Crippen LogP contribution < -0.4 is 5.32 Å². The standard InChI is InChI=1S/C18H23N3O3/c1-13(2)11-16(18(23)24-3)20-17(22)12-14-5-7-15(8-6-14)21-10-4-9-19-21/h4-10,13,16H,11-12H2,1-3H3,(H,20,22)/t16-/m0/s1. The van der Waals surface area contributed by atoms with Gasteiger partial charge in [0.1, 0.15) is 6.04 Å². The summed E-state index contributed by atoms with van der Waals surface area (Å²) in [7, 11) is 1.33. The average molecular weight is 329 g/mol. The van der Waals surface area contributed by atoms with Crippen LogP contribution in [0.3, 0.4) is 0 Å². The van der Waals surface area contributed by atoms with Crippen molar-refractivity contribution in [2.24, 2.45) is 5.92 Å². The number of benzene rings is 1. The van der Waals surface area contributed by atoms with Gasteiger partial charge in [0, 0.05) is 12.4 Å². The molecule has 0 saturated heterocycles. The molecule has 2 rings (SSSR count). The molecule has 0 aliphatic carbocycles. The van der Waals surface area contributed by atoms with Crippen molar-refractivity contribution in [3.05, 3.63) is 48.3 Å². The molecule has 6 heteroatoms. The molecular formula is C18H23N3O3. The SMILES string of the molecule is COC(=O)[C@H](CC(C)C)NC(=O)Cc1ccc(-n2cccn2)cc1. The van der Waals surface area contributed by atoms with E-state index in [1.807, 2.05) is 50.4 Å². The Morgan fingerprint density at radius 2 is 1.96 bits per heavy atom. The largest absolute Gasteiger partial charge is 0.467 e. The van der Waals surface area contributed by atoms with E-state index in [2.05, 4.69) is 10.4 Å². The summed E-state index contributed by atoms with van der Waals surface area (Å²) < 4.78 is 6.51. The van der Waals surface area contributed by atoms with Crippen molar-refractivity contribution in [3.63, 3.8) is 0 Å². The molecule has 24 heavy (non-hydrogen) atoms. The smallest absolute Gasteiger partial charge is 0.328 e. The fourth-order valence-electron chi connectivity index (χ4n) is 2.45. The van der Waals surface area contributed by atoms with Crippen LogP contribution in [-0.4, -0.2) is 34.8 Å². The van der Waals surface area contributed by atoms with Gasteiger partial charge in [0.25, 0.3) is 0 Å². The summed E-state index contributed by atoms with van der Waals surface area (Å²) in [6.07, 6.45) is 4.33. The third-order valence-corrected chi connectivity index (χ3v) is 3.60. The first-order valence-corrected chi connectivity index (χ1v) is 7.95. The van der Waals surface area contributed by atoms with E-state index < -0.39 is 12.0 Å². The van der Waals surface area contributed by atoms with Crippen LogP contribution in [-0.2, 0) is 20.7 Å². The zero-order chi connectivity index (χ0) is 17.5. The molecule has 2 aromatic rings. The summed E-state index contributed by atoms with van der Waals surface area (Å²) in [4.78, 5) is 24.0. The number of esters is 1. The van der Waals surface area contributed by atoms with E-state index in [0.717, 1.165) is 11.3 Å². The Kier molecular flexibility index (Phi) is 6.12. The molecule has 0 saturated carbocycles. The quantitative estimate of drug-likeness (QED) is 0.790. The number of aromatic nitrogens is 2. The molecule has 0 fully saturated rings. The Hall–Kier alpha value is -2.63. The molecule has 0 bridgehead atoms. The third kappa shape index (κ3) is 4.94. The number of carbonyl (C=O) groups excluding carboxylic acids is 2. The van der Waals surface area contributed by atoms with Crippen LogP contribution in [0.1, 0.15) is 25.8 Å². The van der Waals surface area contributed by atoms with Gasteiger partial charge in [-0.25, -0.2) is 9.48 Å². The second-order valence-electron chi connectivity index (χ2n) is 6.07. The fourth-order valence-corrected chi connectivity index (χ4v) is 2.45. The molecule has 6 nitrogen and oxygen atoms in total. The Morgan fingerprint density at radius 1 is 1.25 bits per heavy atom. The highest BCUT2D eigenvalue weighted by Crippen LogP contribution is 2.10. The van der Waals surface area contributed by atoms with Gasteiger partial charge in [0.2, 0.25) is 5.91 Å². The van der Waals surface area contributed by atoms with E-state index in [1.165, 1.54) is 7.11 Å². The van der Waals surface area contributed by atoms with Crippen LogP contribution in [0.25, 0.3) is 5.69 Å². The Labute approximate surface area is 141 Å². The number of nitrogens with one attached hydrogen (secondary N) is 1. The maximum atomic E-state index is 12.2. The maximum Gasteiger partial charge on any atom is 0.328 e. The predicted octanol–water partition coefficient (Wildman–Crippen LogP) is 2.12. The number of hydrogen-bond acceptors (Lipinski definition) is 4. The second kappa shape index (κ2) is 8.29. The molecule has 0 radical (unpaired) electrons. The van der Waals surface area contributed by atoms with Crippen LogP contribution in [0.4, 0.5) is 0 Å². The first kappa shape index (κ1) is 17.7. The molecule has 128 valence electrons. The molecule has 0 spiro atoms. The van der Waals surface area contributed by atoms with Gasteiger partial charge >= 0.3 is 5.97 Å². The highest BCUT2D eigenvalue weighted by atomic mass is 16.5. The van der Waals surface area contributed by atoms with Gasteiger partial charge in [-0.1, -0.05) is 26.0 Å². The van der Waals surface area contributed by atoms with Crippen LogP contribution >= 0.6 is 0 Å². The fraction of sp³-hybridized carbons (Fsp3) is 0.389. The van der Waals surface area contributed by atoms with E-state index in [0.29, 0.717) is 6.42 Å². The van der Waals surface area contributed by atoms with Crippen molar-refractivity contribution >= 4 is 11.9 Å². The number of ether oxygens (including phenoxy) is 1. The number of hydrogen-bond donors (Lipinski definition) is 1. The highest BCUT2D eigenvalue weighted by molar-refractivity contribution is 5.85. The minimum absolute atomic E-state index is 0.196. The van der Waals surface area contributed by atoms with Gasteiger partial charge in [0.15, 0.2) is 0 Å². The number of amides is 1. The summed E-state index contributed by atoms with van der Waals surface area (Å²) in [5.41, 5.74) is 1.80. The lowest BCUT2D eigenvalue weighted by Gasteiger charge is -2.18. The summed E-state index contributed by atoms with van der Waals surface area (Å²) in [5, 5.41) is 6.92. The Bertz CT molecular complexity index is 663. The van der Waals surface area contributed by atoms with Crippen LogP contribution in [0.2, 0.25) is 0 Å². The van der Waals surface area contributed by atoms with E-state index in [4.69, 9.17) is 4.74 Å². The van der Waals surface area contributed by atoms with Crippen molar-refractivity contribution < 1.29 is 14.3 Å². The number of carbonyl (C=O) groups is 2. The van der Waals surface area contributed by atoms with Gasteiger partial charge in [-0.15, -0.1) is 0 Å². The number of methoxy groups -OCH3 is 1. The second-order valence-corrected chi connectivity index (χ2v) is 6.07. The zero-order valence-corrected chi connectivity index (χ0v) is 14.2. The van der Waals surface area contributed by atoms with Crippen LogP contribution in [0, 0.1) is 5.92 Å².